The Hall–Kier alpha value is -3.22. The van der Waals surface area contributed by atoms with Gasteiger partial charge >= 0.3 is 11.8 Å². The van der Waals surface area contributed by atoms with Crippen LogP contribution in [0.25, 0.3) is 0 Å². The summed E-state index contributed by atoms with van der Waals surface area (Å²) in [5, 5.41) is 21.4. The first-order valence-corrected chi connectivity index (χ1v) is 9.91. The smallest absolute Gasteiger partial charge is 0.434 e. The molecule has 12 nitrogen and oxygen atoms in total. The second-order valence-corrected chi connectivity index (χ2v) is 7.54. The molecule has 0 aliphatic carbocycles. The zero-order valence-corrected chi connectivity index (χ0v) is 17.6. The number of carbonyl (C=O) groups is 1. The Morgan fingerprint density at radius 1 is 1.41 bits per heavy atom. The van der Waals surface area contributed by atoms with Gasteiger partial charge in [-0.05, 0) is 13.0 Å². The lowest BCUT2D eigenvalue weighted by atomic mass is 10.1. The van der Waals surface area contributed by atoms with Crippen LogP contribution in [0.15, 0.2) is 34.0 Å². The van der Waals surface area contributed by atoms with Crippen molar-refractivity contribution in [3.05, 3.63) is 71.5 Å². The quantitative estimate of drug-likeness (QED) is 0.347. The number of nitrogens with zero attached hydrogens (tertiary/aromatic N) is 2. The van der Waals surface area contributed by atoms with Gasteiger partial charge in [0.2, 0.25) is 0 Å². The van der Waals surface area contributed by atoms with Crippen molar-refractivity contribution in [1.82, 2.24) is 9.55 Å². The van der Waals surface area contributed by atoms with Crippen LogP contribution in [0.1, 0.15) is 23.8 Å². The van der Waals surface area contributed by atoms with Crippen molar-refractivity contribution < 1.29 is 29.0 Å². The van der Waals surface area contributed by atoms with Gasteiger partial charge in [0.05, 0.1) is 17.6 Å². The summed E-state index contributed by atoms with van der Waals surface area (Å²) in [6.07, 6.45) is -2.38. The third-order valence-corrected chi connectivity index (χ3v) is 5.10. The number of nitro groups is 1. The first-order valence-electron chi connectivity index (χ1n) is 9.53. The predicted molar refractivity (Wildman–Crippen MR) is 110 cm³/mol. The molecule has 1 saturated heterocycles. The lowest BCUT2D eigenvalue weighted by Crippen LogP contribution is -2.33. The second-order valence-electron chi connectivity index (χ2n) is 7.10. The Morgan fingerprint density at radius 2 is 2.16 bits per heavy atom. The molecule has 0 radical (unpaired) electrons. The summed E-state index contributed by atoms with van der Waals surface area (Å²) in [4.78, 5) is 47.9. The molecule has 1 fully saturated rings. The maximum Gasteiger partial charge on any atom is 0.508 e. The number of hydrogen-bond donors (Lipinski definition) is 2. The van der Waals surface area contributed by atoms with Crippen LogP contribution in [-0.2, 0) is 20.6 Å². The van der Waals surface area contributed by atoms with Crippen LogP contribution >= 0.6 is 11.6 Å². The van der Waals surface area contributed by atoms with Crippen molar-refractivity contribution in [3.8, 4) is 0 Å². The molecule has 172 valence electrons. The molecule has 1 aromatic heterocycles. The number of aliphatic hydroxyl groups excluding tert-OH is 1. The number of aryl methyl sites for hydroxylation is 1. The van der Waals surface area contributed by atoms with Crippen molar-refractivity contribution in [2.45, 2.75) is 38.2 Å². The van der Waals surface area contributed by atoms with Gasteiger partial charge in [0, 0.05) is 41.3 Å². The van der Waals surface area contributed by atoms with E-state index in [1.807, 2.05) is 0 Å². The summed E-state index contributed by atoms with van der Waals surface area (Å²) in [6.45, 7) is 1.01. The summed E-state index contributed by atoms with van der Waals surface area (Å²) in [7, 11) is 0. The van der Waals surface area contributed by atoms with E-state index in [0.29, 0.717) is 11.1 Å². The molecular formula is C19H20ClN3O9. The molecule has 1 aliphatic heterocycles. The third-order valence-electron chi connectivity index (χ3n) is 4.86. The van der Waals surface area contributed by atoms with E-state index in [1.54, 1.807) is 0 Å². The third kappa shape index (κ3) is 5.52. The molecule has 2 N–H and O–H groups in total. The largest absolute Gasteiger partial charge is 0.508 e. The van der Waals surface area contributed by atoms with Gasteiger partial charge in [0.1, 0.15) is 18.9 Å². The van der Waals surface area contributed by atoms with Crippen molar-refractivity contribution in [2.24, 2.45) is 0 Å². The fourth-order valence-corrected chi connectivity index (χ4v) is 3.36. The summed E-state index contributed by atoms with van der Waals surface area (Å²) in [6, 6.07) is 4.17. The highest BCUT2D eigenvalue weighted by atomic mass is 35.5. The molecule has 2 heterocycles. The van der Waals surface area contributed by atoms with Gasteiger partial charge in [0.15, 0.2) is 0 Å². The number of ether oxygens (including phenoxy) is 3. The molecule has 1 unspecified atom stereocenters. The van der Waals surface area contributed by atoms with Crippen LogP contribution in [0.2, 0.25) is 5.02 Å². The summed E-state index contributed by atoms with van der Waals surface area (Å²) < 4.78 is 16.6. The molecule has 13 heteroatoms. The predicted octanol–water partition coefficient (Wildman–Crippen LogP) is 1.45. The highest BCUT2D eigenvalue weighted by Crippen LogP contribution is 2.28. The fourth-order valence-electron chi connectivity index (χ4n) is 3.19. The Kier molecular flexibility index (Phi) is 7.28. The highest BCUT2D eigenvalue weighted by molar-refractivity contribution is 6.30. The number of hydrogen-bond acceptors (Lipinski definition) is 9. The van der Waals surface area contributed by atoms with Gasteiger partial charge in [-0.25, -0.2) is 9.59 Å². The average molecular weight is 470 g/mol. The van der Waals surface area contributed by atoms with E-state index >= 15 is 0 Å². The Balaban J connectivity index is 1.49. The molecule has 0 spiro atoms. The molecule has 1 aliphatic rings. The standard InChI is InChI=1S/C19H20ClN3O9/c1-10-8-22(18(26)21-17(10)25)16-7-14(24)15(32-16)9-31-19(27)30-5-4-11-2-3-12(20)6-13(11)23(28)29/h2-3,6,8,14-16,24H,4-5,7,9H2,1H3,(H,21,25,26)/t14?,15-,16-/m1/s1. The number of aromatic amines is 1. The number of nitro benzene ring substituents is 1. The van der Waals surface area contributed by atoms with E-state index in [-0.39, 0.29) is 36.8 Å². The molecule has 32 heavy (non-hydrogen) atoms. The number of H-pyrrole nitrogens is 1. The minimum atomic E-state index is -1.04. The average Bonchev–Trinajstić information content (AvgIpc) is 3.10. The van der Waals surface area contributed by atoms with E-state index < -0.39 is 40.8 Å². The summed E-state index contributed by atoms with van der Waals surface area (Å²) in [5.41, 5.74) is -0.750. The van der Waals surface area contributed by atoms with Crippen LogP contribution in [-0.4, -0.2) is 51.2 Å². The molecule has 0 saturated carbocycles. The zero-order chi connectivity index (χ0) is 23.4. The molecule has 0 bridgehead atoms. The molecular weight excluding hydrogens is 450 g/mol. The van der Waals surface area contributed by atoms with E-state index in [0.717, 1.165) is 4.57 Å². The van der Waals surface area contributed by atoms with Crippen LogP contribution in [0.3, 0.4) is 0 Å². The van der Waals surface area contributed by atoms with Crippen LogP contribution in [0, 0.1) is 17.0 Å². The van der Waals surface area contributed by atoms with E-state index in [4.69, 9.17) is 25.8 Å². The number of benzene rings is 1. The van der Waals surface area contributed by atoms with Crippen molar-refractivity contribution >= 4 is 23.4 Å². The van der Waals surface area contributed by atoms with Crippen molar-refractivity contribution in [3.63, 3.8) is 0 Å². The number of carbonyl (C=O) groups excluding carboxylic acids is 1. The first kappa shape index (κ1) is 23.4. The number of halogens is 1. The minimum Gasteiger partial charge on any atom is -0.434 e. The van der Waals surface area contributed by atoms with Crippen molar-refractivity contribution in [1.29, 1.82) is 0 Å². The SMILES string of the molecule is Cc1cn([C@H]2CC(O)[C@@H](COC(=O)OCCc3ccc(Cl)cc3[N+](=O)[O-])O2)c(=O)[nH]c1=O. The topological polar surface area (TPSA) is 163 Å². The van der Waals surface area contributed by atoms with E-state index in [1.165, 1.54) is 31.3 Å². The first-order chi connectivity index (χ1) is 15.2. The van der Waals surface area contributed by atoms with Crippen molar-refractivity contribution in [2.75, 3.05) is 13.2 Å². The summed E-state index contributed by atoms with van der Waals surface area (Å²) in [5.74, 6) is 0. The zero-order valence-electron chi connectivity index (χ0n) is 16.9. The molecule has 3 rings (SSSR count). The second kappa shape index (κ2) is 9.94. The van der Waals surface area contributed by atoms with Gasteiger partial charge in [-0.2, -0.15) is 0 Å². The van der Waals surface area contributed by atoms with Crippen LogP contribution in [0.4, 0.5) is 10.5 Å². The van der Waals surface area contributed by atoms with Gasteiger partial charge in [-0.15, -0.1) is 0 Å². The molecule has 3 atom stereocenters. The Labute approximate surface area is 185 Å². The number of rotatable bonds is 7. The number of aliphatic hydroxyl groups is 1. The molecule has 0 amide bonds. The maximum absolute atomic E-state index is 12.0. The van der Waals surface area contributed by atoms with Gasteiger partial charge < -0.3 is 19.3 Å². The molecule has 1 aromatic carbocycles. The van der Waals surface area contributed by atoms with Crippen LogP contribution in [0.5, 0.6) is 0 Å². The number of aromatic nitrogens is 2. The van der Waals surface area contributed by atoms with E-state index in [2.05, 4.69) is 4.98 Å². The minimum absolute atomic E-state index is 0.0503. The normalized spacial score (nSPS) is 20.2. The monoisotopic (exact) mass is 469 g/mol. The fraction of sp³-hybridized carbons (Fsp3) is 0.421. The number of nitrogens with one attached hydrogen (secondary N) is 1. The molecule has 2 aromatic rings. The maximum atomic E-state index is 12.0. The highest BCUT2D eigenvalue weighted by Gasteiger charge is 2.36. The van der Waals surface area contributed by atoms with Gasteiger partial charge in [-0.3, -0.25) is 24.5 Å². The van der Waals surface area contributed by atoms with Gasteiger partial charge in [0.25, 0.3) is 11.2 Å². The summed E-state index contributed by atoms with van der Waals surface area (Å²) >= 11 is 5.76. The van der Waals surface area contributed by atoms with E-state index in [9.17, 15) is 29.6 Å². The van der Waals surface area contributed by atoms with Gasteiger partial charge in [-0.1, -0.05) is 17.7 Å². The Bertz CT molecular complexity index is 1130. The van der Waals surface area contributed by atoms with Crippen LogP contribution < -0.4 is 11.2 Å². The Morgan fingerprint density at radius 3 is 2.88 bits per heavy atom. The lowest BCUT2D eigenvalue weighted by Gasteiger charge is -2.16. The lowest BCUT2D eigenvalue weighted by molar-refractivity contribution is -0.385.